The Bertz CT molecular complexity index is 736. The second-order valence-electron chi connectivity index (χ2n) is 3.71. The lowest BCUT2D eigenvalue weighted by Gasteiger charge is -2.09. The molecule has 0 bridgehead atoms. The number of nitrogen functional groups attached to an aromatic ring is 1. The van der Waals surface area contributed by atoms with Crippen LogP contribution in [0.3, 0.4) is 0 Å². The third-order valence-electron chi connectivity index (χ3n) is 2.36. The van der Waals surface area contributed by atoms with Gasteiger partial charge in [-0.2, -0.15) is 0 Å². The lowest BCUT2D eigenvalue weighted by atomic mass is 10.3. The predicted molar refractivity (Wildman–Crippen MR) is 75.3 cm³/mol. The predicted octanol–water partition coefficient (Wildman–Crippen LogP) is 1.52. The Labute approximate surface area is 120 Å². The Morgan fingerprint density at radius 3 is 2.70 bits per heavy atom. The molecule has 9 heteroatoms. The highest BCUT2D eigenvalue weighted by Gasteiger charge is 2.17. The number of nitrogens with one attached hydrogen (secondary N) is 1. The second-order valence-corrected chi connectivity index (χ2v) is 5.78. The van der Waals surface area contributed by atoms with E-state index in [2.05, 4.69) is 14.7 Å². The molecule has 1 aromatic heterocycles. The molecule has 106 valence electrons. The molecule has 0 radical (unpaired) electrons. The van der Waals surface area contributed by atoms with Crippen molar-refractivity contribution in [3.8, 4) is 5.75 Å². The first-order valence-electron chi connectivity index (χ1n) is 5.37. The van der Waals surface area contributed by atoms with Crippen molar-refractivity contribution < 1.29 is 13.2 Å². The molecule has 0 spiro atoms. The van der Waals surface area contributed by atoms with Crippen molar-refractivity contribution in [2.45, 2.75) is 4.90 Å². The maximum absolute atomic E-state index is 12.1. The van der Waals surface area contributed by atoms with E-state index in [0.29, 0.717) is 5.75 Å². The standard InChI is InChI=1S/C11H11ClN4O3S/c1-19-9-3-2-7(6-8(9)13)20(17,18)16-11-14-5-4-10(12)15-11/h2-6H,13H2,1H3,(H,14,15,16). The quantitative estimate of drug-likeness (QED) is 0.654. The van der Waals surface area contributed by atoms with Gasteiger partial charge in [-0.05, 0) is 24.3 Å². The van der Waals surface area contributed by atoms with Gasteiger partial charge in [0.25, 0.3) is 10.0 Å². The van der Waals surface area contributed by atoms with Crippen LogP contribution < -0.4 is 15.2 Å². The van der Waals surface area contributed by atoms with Gasteiger partial charge in [-0.3, -0.25) is 0 Å². The summed E-state index contributed by atoms with van der Waals surface area (Å²) in [6.07, 6.45) is 1.34. The minimum absolute atomic E-state index is 0.0284. The fourth-order valence-corrected chi connectivity index (χ4v) is 2.57. The number of hydrogen-bond donors (Lipinski definition) is 2. The van der Waals surface area contributed by atoms with Gasteiger partial charge in [0.1, 0.15) is 10.9 Å². The SMILES string of the molecule is COc1ccc(S(=O)(=O)Nc2nccc(Cl)n2)cc1N. The maximum atomic E-state index is 12.1. The summed E-state index contributed by atoms with van der Waals surface area (Å²) in [5.74, 6) is 0.273. The molecule has 0 saturated carbocycles. The van der Waals surface area contributed by atoms with Crippen LogP contribution in [0.4, 0.5) is 11.6 Å². The fraction of sp³-hybridized carbons (Fsp3) is 0.0909. The van der Waals surface area contributed by atoms with Gasteiger partial charge in [0.2, 0.25) is 5.95 Å². The molecule has 0 aliphatic heterocycles. The summed E-state index contributed by atoms with van der Waals surface area (Å²) >= 11 is 5.66. The van der Waals surface area contributed by atoms with E-state index in [1.165, 1.54) is 37.6 Å². The zero-order valence-corrected chi connectivity index (χ0v) is 11.9. The number of halogens is 1. The first-order chi connectivity index (χ1) is 9.42. The van der Waals surface area contributed by atoms with Gasteiger partial charge in [-0.25, -0.2) is 23.1 Å². The van der Waals surface area contributed by atoms with E-state index in [0.717, 1.165) is 0 Å². The Kier molecular flexibility index (Phi) is 3.96. The Balaban J connectivity index is 2.33. The number of nitrogens with zero attached hydrogens (tertiary/aromatic N) is 2. The van der Waals surface area contributed by atoms with E-state index < -0.39 is 10.0 Å². The van der Waals surface area contributed by atoms with Crippen LogP contribution in [0.15, 0.2) is 35.4 Å². The third kappa shape index (κ3) is 3.09. The number of anilines is 2. The molecule has 0 unspecified atom stereocenters. The number of benzene rings is 1. The lowest BCUT2D eigenvalue weighted by Crippen LogP contribution is -2.15. The summed E-state index contributed by atoms with van der Waals surface area (Å²) in [6, 6.07) is 5.54. The molecule has 0 atom stereocenters. The molecule has 1 aromatic carbocycles. The van der Waals surface area contributed by atoms with Crippen molar-refractivity contribution in [1.82, 2.24) is 9.97 Å². The Morgan fingerprint density at radius 1 is 1.35 bits per heavy atom. The number of nitrogens with two attached hydrogens (primary N) is 1. The largest absolute Gasteiger partial charge is 0.495 e. The van der Waals surface area contributed by atoms with Gasteiger partial charge >= 0.3 is 0 Å². The molecular formula is C11H11ClN4O3S. The van der Waals surface area contributed by atoms with E-state index in [9.17, 15) is 8.42 Å². The van der Waals surface area contributed by atoms with E-state index in [1.54, 1.807) is 0 Å². The topological polar surface area (TPSA) is 107 Å². The molecular weight excluding hydrogens is 304 g/mol. The Hall–Kier alpha value is -2.06. The molecule has 0 saturated heterocycles. The van der Waals surface area contributed by atoms with Crippen LogP contribution in [0.2, 0.25) is 5.15 Å². The van der Waals surface area contributed by atoms with E-state index >= 15 is 0 Å². The van der Waals surface area contributed by atoms with Crippen LogP contribution in [-0.2, 0) is 10.0 Å². The van der Waals surface area contributed by atoms with E-state index in [4.69, 9.17) is 22.1 Å². The van der Waals surface area contributed by atoms with Gasteiger partial charge in [0.05, 0.1) is 17.7 Å². The second kappa shape index (κ2) is 5.51. The van der Waals surface area contributed by atoms with Gasteiger partial charge in [0, 0.05) is 6.20 Å². The molecule has 0 fully saturated rings. The smallest absolute Gasteiger partial charge is 0.264 e. The molecule has 1 heterocycles. The van der Waals surface area contributed by atoms with Crippen LogP contribution in [0.5, 0.6) is 5.75 Å². The summed E-state index contributed by atoms with van der Waals surface area (Å²) in [4.78, 5) is 7.48. The summed E-state index contributed by atoms with van der Waals surface area (Å²) < 4.78 is 31.4. The van der Waals surface area contributed by atoms with E-state index in [-0.39, 0.29) is 21.7 Å². The third-order valence-corrected chi connectivity index (χ3v) is 3.90. The zero-order valence-electron chi connectivity index (χ0n) is 10.4. The molecule has 0 amide bonds. The highest BCUT2D eigenvalue weighted by atomic mass is 35.5. The first-order valence-corrected chi connectivity index (χ1v) is 7.23. The fourth-order valence-electron chi connectivity index (χ4n) is 1.44. The van der Waals surface area contributed by atoms with Crippen LogP contribution >= 0.6 is 11.6 Å². The number of ether oxygens (including phenoxy) is 1. The van der Waals surface area contributed by atoms with Crippen molar-refractivity contribution in [2.24, 2.45) is 0 Å². The number of sulfonamides is 1. The van der Waals surface area contributed by atoms with Gasteiger partial charge in [0.15, 0.2) is 0 Å². The number of rotatable bonds is 4. The average molecular weight is 315 g/mol. The molecule has 20 heavy (non-hydrogen) atoms. The summed E-state index contributed by atoms with van der Waals surface area (Å²) in [5, 5.41) is 0.131. The number of aromatic nitrogens is 2. The molecule has 0 aliphatic rings. The van der Waals surface area contributed by atoms with Crippen LogP contribution in [-0.4, -0.2) is 25.5 Å². The van der Waals surface area contributed by atoms with Crippen molar-refractivity contribution in [3.63, 3.8) is 0 Å². The summed E-state index contributed by atoms with van der Waals surface area (Å²) in [6.45, 7) is 0. The molecule has 3 N–H and O–H groups in total. The van der Waals surface area contributed by atoms with E-state index in [1.807, 2.05) is 0 Å². The molecule has 7 nitrogen and oxygen atoms in total. The van der Waals surface area contributed by atoms with Crippen LogP contribution in [0, 0.1) is 0 Å². The highest BCUT2D eigenvalue weighted by molar-refractivity contribution is 7.92. The summed E-state index contributed by atoms with van der Waals surface area (Å²) in [7, 11) is -2.40. The first kappa shape index (κ1) is 14.4. The monoisotopic (exact) mass is 314 g/mol. The normalized spacial score (nSPS) is 11.1. The number of methoxy groups -OCH3 is 1. The minimum atomic E-state index is -3.85. The molecule has 2 rings (SSSR count). The van der Waals surface area contributed by atoms with Crippen LogP contribution in [0.25, 0.3) is 0 Å². The minimum Gasteiger partial charge on any atom is -0.495 e. The van der Waals surface area contributed by atoms with Gasteiger partial charge in [-0.1, -0.05) is 11.6 Å². The van der Waals surface area contributed by atoms with Gasteiger partial charge in [-0.15, -0.1) is 0 Å². The van der Waals surface area contributed by atoms with Crippen molar-refractivity contribution in [2.75, 3.05) is 17.6 Å². The molecule has 2 aromatic rings. The average Bonchev–Trinajstić information content (AvgIpc) is 2.38. The van der Waals surface area contributed by atoms with Crippen LogP contribution in [0.1, 0.15) is 0 Å². The zero-order chi connectivity index (χ0) is 14.8. The summed E-state index contributed by atoms with van der Waals surface area (Å²) in [5.41, 5.74) is 5.89. The Morgan fingerprint density at radius 2 is 2.10 bits per heavy atom. The maximum Gasteiger partial charge on any atom is 0.264 e. The van der Waals surface area contributed by atoms with Crippen molar-refractivity contribution in [1.29, 1.82) is 0 Å². The highest BCUT2D eigenvalue weighted by Crippen LogP contribution is 2.25. The number of hydrogen-bond acceptors (Lipinski definition) is 6. The lowest BCUT2D eigenvalue weighted by molar-refractivity contribution is 0.416. The van der Waals surface area contributed by atoms with Gasteiger partial charge < -0.3 is 10.5 Å². The molecule has 0 aliphatic carbocycles. The van der Waals surface area contributed by atoms with Crippen molar-refractivity contribution >= 4 is 33.3 Å². The van der Waals surface area contributed by atoms with Crippen molar-refractivity contribution in [3.05, 3.63) is 35.6 Å².